The lowest BCUT2D eigenvalue weighted by Crippen LogP contribution is -2.48. The normalized spacial score (nSPS) is 24.6. The second-order valence-corrected chi connectivity index (χ2v) is 6.33. The van der Waals surface area contributed by atoms with Crippen molar-refractivity contribution in [2.24, 2.45) is 23.5 Å². The van der Waals surface area contributed by atoms with E-state index in [1.807, 2.05) is 0 Å². The number of carbonyl (C=O) groups excluding carboxylic acids is 2. The van der Waals surface area contributed by atoms with Crippen molar-refractivity contribution in [3.05, 3.63) is 0 Å². The Labute approximate surface area is 108 Å². The Hall–Kier alpha value is -1.26. The van der Waals surface area contributed by atoms with E-state index in [9.17, 15) is 9.59 Å². The smallest absolute Gasteiger partial charge is 0.408 e. The largest absolute Gasteiger partial charge is 0.444 e. The quantitative estimate of drug-likeness (QED) is 0.802. The molecule has 1 aliphatic carbocycles. The van der Waals surface area contributed by atoms with Gasteiger partial charge in [0.15, 0.2) is 0 Å². The number of nitrogens with two attached hydrogens (primary N) is 1. The van der Waals surface area contributed by atoms with E-state index in [-0.39, 0.29) is 5.92 Å². The maximum atomic E-state index is 11.6. The first-order valence-corrected chi connectivity index (χ1v) is 6.40. The van der Waals surface area contributed by atoms with Crippen molar-refractivity contribution < 1.29 is 14.3 Å². The first-order valence-electron chi connectivity index (χ1n) is 6.40. The average molecular weight is 256 g/mol. The van der Waals surface area contributed by atoms with E-state index in [0.717, 1.165) is 6.42 Å². The summed E-state index contributed by atoms with van der Waals surface area (Å²) in [5, 5.41) is 2.58. The summed E-state index contributed by atoms with van der Waals surface area (Å²) in [4.78, 5) is 23.0. The molecule has 5 heteroatoms. The van der Waals surface area contributed by atoms with Gasteiger partial charge in [0.25, 0.3) is 0 Å². The van der Waals surface area contributed by atoms with Crippen LogP contribution in [0.3, 0.4) is 0 Å². The van der Waals surface area contributed by atoms with E-state index in [1.54, 1.807) is 20.8 Å². The first-order chi connectivity index (χ1) is 8.11. The minimum Gasteiger partial charge on any atom is -0.444 e. The summed E-state index contributed by atoms with van der Waals surface area (Å²) < 4.78 is 5.13. The lowest BCUT2D eigenvalue weighted by atomic mass is 10.0. The molecule has 104 valence electrons. The highest BCUT2D eigenvalue weighted by Gasteiger charge is 2.47. The Morgan fingerprint density at radius 1 is 1.28 bits per heavy atom. The standard InChI is InChI=1S/C13H24N2O3/c1-7(2)8-6-9(8)10(11(14)16)15-12(17)18-13(3,4)5/h7-10H,6H2,1-5H3,(H2,14,16)(H,15,17). The van der Waals surface area contributed by atoms with Gasteiger partial charge in [-0.1, -0.05) is 13.8 Å². The van der Waals surface area contributed by atoms with E-state index in [2.05, 4.69) is 19.2 Å². The molecule has 0 heterocycles. The molecule has 0 aromatic carbocycles. The van der Waals surface area contributed by atoms with Gasteiger partial charge < -0.3 is 15.8 Å². The number of nitrogens with one attached hydrogen (secondary N) is 1. The lowest BCUT2D eigenvalue weighted by Gasteiger charge is -2.22. The van der Waals surface area contributed by atoms with E-state index in [1.165, 1.54) is 0 Å². The van der Waals surface area contributed by atoms with Crippen molar-refractivity contribution >= 4 is 12.0 Å². The first kappa shape index (κ1) is 14.8. The Morgan fingerprint density at radius 2 is 1.83 bits per heavy atom. The third-order valence-corrected chi connectivity index (χ3v) is 3.15. The van der Waals surface area contributed by atoms with Gasteiger partial charge in [-0.2, -0.15) is 0 Å². The second-order valence-electron chi connectivity index (χ2n) is 6.33. The van der Waals surface area contributed by atoms with Crippen molar-refractivity contribution in [1.29, 1.82) is 0 Å². The maximum absolute atomic E-state index is 11.6. The number of amides is 2. The molecule has 1 aliphatic rings. The van der Waals surface area contributed by atoms with Gasteiger partial charge >= 0.3 is 6.09 Å². The Balaban J connectivity index is 2.55. The summed E-state index contributed by atoms with van der Waals surface area (Å²) >= 11 is 0. The molecule has 18 heavy (non-hydrogen) atoms. The van der Waals surface area contributed by atoms with Crippen LogP contribution in [0.15, 0.2) is 0 Å². The second kappa shape index (κ2) is 5.16. The van der Waals surface area contributed by atoms with Gasteiger partial charge in [-0.3, -0.25) is 4.79 Å². The summed E-state index contributed by atoms with van der Waals surface area (Å²) in [5.41, 5.74) is 4.77. The molecule has 2 amide bonds. The number of hydrogen-bond donors (Lipinski definition) is 2. The molecule has 0 bridgehead atoms. The number of ether oxygens (including phenoxy) is 1. The zero-order valence-electron chi connectivity index (χ0n) is 11.8. The highest BCUT2D eigenvalue weighted by Crippen LogP contribution is 2.46. The third kappa shape index (κ3) is 4.20. The van der Waals surface area contributed by atoms with Crippen LogP contribution in [-0.2, 0) is 9.53 Å². The van der Waals surface area contributed by atoms with Gasteiger partial charge in [0, 0.05) is 0 Å². The van der Waals surface area contributed by atoms with Gasteiger partial charge in [-0.25, -0.2) is 4.79 Å². The summed E-state index contributed by atoms with van der Waals surface area (Å²) in [6.45, 7) is 9.55. The monoisotopic (exact) mass is 256 g/mol. The molecule has 1 saturated carbocycles. The molecule has 0 spiro atoms. The zero-order chi connectivity index (χ0) is 14.1. The van der Waals surface area contributed by atoms with Crippen LogP contribution in [0.5, 0.6) is 0 Å². The molecule has 1 rings (SSSR count). The lowest BCUT2D eigenvalue weighted by molar-refractivity contribution is -0.120. The van der Waals surface area contributed by atoms with Crippen LogP contribution in [-0.4, -0.2) is 23.6 Å². The molecule has 3 atom stereocenters. The topological polar surface area (TPSA) is 81.4 Å². The van der Waals surface area contributed by atoms with Gasteiger partial charge in [0.2, 0.25) is 5.91 Å². The molecule has 0 aromatic heterocycles. The van der Waals surface area contributed by atoms with Gasteiger partial charge in [-0.05, 0) is 44.9 Å². The van der Waals surface area contributed by atoms with Crippen LogP contribution < -0.4 is 11.1 Å². The highest BCUT2D eigenvalue weighted by molar-refractivity contribution is 5.85. The predicted octanol–water partition coefficient (Wildman–Crippen LogP) is 1.66. The van der Waals surface area contributed by atoms with E-state index >= 15 is 0 Å². The Bertz CT molecular complexity index is 334. The van der Waals surface area contributed by atoms with E-state index in [0.29, 0.717) is 11.8 Å². The fourth-order valence-corrected chi connectivity index (χ4v) is 2.21. The minimum absolute atomic E-state index is 0.148. The summed E-state index contributed by atoms with van der Waals surface area (Å²) in [6.07, 6.45) is 0.349. The van der Waals surface area contributed by atoms with Gasteiger partial charge in [0.1, 0.15) is 11.6 Å². The van der Waals surface area contributed by atoms with Gasteiger partial charge in [-0.15, -0.1) is 0 Å². The van der Waals surface area contributed by atoms with Crippen LogP contribution in [0, 0.1) is 17.8 Å². The number of hydrogen-bond acceptors (Lipinski definition) is 3. The van der Waals surface area contributed by atoms with Crippen molar-refractivity contribution in [2.75, 3.05) is 0 Å². The Morgan fingerprint density at radius 3 is 2.17 bits per heavy atom. The van der Waals surface area contributed by atoms with Crippen molar-refractivity contribution in [2.45, 2.75) is 52.7 Å². The van der Waals surface area contributed by atoms with Gasteiger partial charge in [0.05, 0.1) is 0 Å². The van der Waals surface area contributed by atoms with Crippen molar-refractivity contribution in [3.63, 3.8) is 0 Å². The van der Waals surface area contributed by atoms with Crippen LogP contribution in [0.2, 0.25) is 0 Å². The fourth-order valence-electron chi connectivity index (χ4n) is 2.21. The molecule has 0 radical (unpaired) electrons. The summed E-state index contributed by atoms with van der Waals surface area (Å²) in [7, 11) is 0. The number of carbonyl (C=O) groups is 2. The van der Waals surface area contributed by atoms with Crippen LogP contribution in [0.4, 0.5) is 4.79 Å². The molecular formula is C13H24N2O3. The molecule has 0 aromatic rings. The molecular weight excluding hydrogens is 232 g/mol. The van der Waals surface area contributed by atoms with Crippen LogP contribution in [0.25, 0.3) is 0 Å². The fraction of sp³-hybridized carbons (Fsp3) is 0.846. The number of rotatable bonds is 4. The maximum Gasteiger partial charge on any atom is 0.408 e. The average Bonchev–Trinajstić information content (AvgIpc) is 2.89. The van der Waals surface area contributed by atoms with E-state index in [4.69, 9.17) is 10.5 Å². The molecule has 0 aliphatic heterocycles. The van der Waals surface area contributed by atoms with Crippen molar-refractivity contribution in [1.82, 2.24) is 5.32 Å². The minimum atomic E-state index is -0.618. The van der Waals surface area contributed by atoms with Crippen LogP contribution >= 0.6 is 0 Å². The SMILES string of the molecule is CC(C)C1CC1C(NC(=O)OC(C)(C)C)C(N)=O. The Kier molecular flexibility index (Phi) is 4.24. The molecule has 5 nitrogen and oxygen atoms in total. The van der Waals surface area contributed by atoms with Crippen molar-refractivity contribution in [3.8, 4) is 0 Å². The molecule has 1 fully saturated rings. The molecule has 3 N–H and O–H groups in total. The number of primary amides is 1. The number of alkyl carbamates (subject to hydrolysis) is 1. The summed E-state index contributed by atoms with van der Waals surface area (Å²) in [5.74, 6) is 0.610. The molecule has 0 saturated heterocycles. The third-order valence-electron chi connectivity index (χ3n) is 3.15. The van der Waals surface area contributed by atoms with Crippen LogP contribution in [0.1, 0.15) is 41.0 Å². The zero-order valence-corrected chi connectivity index (χ0v) is 11.8. The molecule has 3 unspecified atom stereocenters. The highest BCUT2D eigenvalue weighted by atomic mass is 16.6. The van der Waals surface area contributed by atoms with E-state index < -0.39 is 23.6 Å². The summed E-state index contributed by atoms with van der Waals surface area (Å²) in [6, 6.07) is -0.618. The predicted molar refractivity (Wildman–Crippen MR) is 68.8 cm³/mol.